The molecule has 1 nitrogen and oxygen atoms in total. The zero-order valence-electron chi connectivity index (χ0n) is 10.2. The Morgan fingerprint density at radius 1 is 1.27 bits per heavy atom. The lowest BCUT2D eigenvalue weighted by atomic mass is 10.1. The van der Waals surface area contributed by atoms with E-state index in [4.69, 9.17) is 0 Å². The maximum atomic E-state index is 3.53. The summed E-state index contributed by atoms with van der Waals surface area (Å²) < 4.78 is 0. The van der Waals surface area contributed by atoms with E-state index in [2.05, 4.69) is 50.4 Å². The highest BCUT2D eigenvalue weighted by Gasteiger charge is 2.00. The fraction of sp³-hybridized carbons (Fsp3) is 0.571. The van der Waals surface area contributed by atoms with Crippen LogP contribution in [0.1, 0.15) is 37.8 Å². The van der Waals surface area contributed by atoms with E-state index < -0.39 is 0 Å². The van der Waals surface area contributed by atoms with Gasteiger partial charge in [0.1, 0.15) is 0 Å². The van der Waals surface area contributed by atoms with Gasteiger partial charge in [0.25, 0.3) is 0 Å². The van der Waals surface area contributed by atoms with Gasteiger partial charge in [-0.3, -0.25) is 0 Å². The minimum Gasteiger partial charge on any atom is -0.312 e. The number of hydrogen-bond acceptors (Lipinski definition) is 1. The maximum absolute atomic E-state index is 3.53. The Bertz CT molecular complexity index is 280. The van der Waals surface area contributed by atoms with Crippen LogP contribution in [-0.4, -0.2) is 6.54 Å². The first-order valence-corrected chi connectivity index (χ1v) is 5.99. The summed E-state index contributed by atoms with van der Waals surface area (Å²) in [4.78, 5) is 0. The number of benzene rings is 1. The van der Waals surface area contributed by atoms with Crippen molar-refractivity contribution in [3.63, 3.8) is 0 Å². The van der Waals surface area contributed by atoms with Crippen LogP contribution in [0.25, 0.3) is 0 Å². The molecule has 0 aromatic heterocycles. The van der Waals surface area contributed by atoms with Crippen LogP contribution in [-0.2, 0) is 6.54 Å². The molecule has 0 aliphatic heterocycles. The summed E-state index contributed by atoms with van der Waals surface area (Å²) in [5.74, 6) is 0.791. The van der Waals surface area contributed by atoms with Crippen molar-refractivity contribution in [3.05, 3.63) is 35.4 Å². The number of rotatable bonds is 6. The summed E-state index contributed by atoms with van der Waals surface area (Å²) in [6.45, 7) is 8.86. The average Bonchev–Trinajstić information content (AvgIpc) is 2.21. The van der Waals surface area contributed by atoms with E-state index in [0.717, 1.165) is 19.0 Å². The van der Waals surface area contributed by atoms with Gasteiger partial charge in [-0.25, -0.2) is 0 Å². The van der Waals surface area contributed by atoms with E-state index in [9.17, 15) is 0 Å². The average molecular weight is 205 g/mol. The molecule has 1 N–H and O–H groups in total. The van der Waals surface area contributed by atoms with Crippen LogP contribution in [0, 0.1) is 12.8 Å². The lowest BCUT2D eigenvalue weighted by Gasteiger charge is -2.12. The first kappa shape index (κ1) is 12.3. The van der Waals surface area contributed by atoms with Gasteiger partial charge in [0.15, 0.2) is 0 Å². The first-order valence-electron chi connectivity index (χ1n) is 5.99. The molecule has 1 rings (SSSR count). The number of hydrogen-bond donors (Lipinski definition) is 1. The third-order valence-electron chi connectivity index (χ3n) is 2.85. The molecule has 0 fully saturated rings. The molecular formula is C14H23N. The molecule has 0 saturated carbocycles. The summed E-state index contributed by atoms with van der Waals surface area (Å²) in [5, 5.41) is 3.53. The Hall–Kier alpha value is -0.820. The Morgan fingerprint density at radius 3 is 2.67 bits per heavy atom. The Kier molecular flexibility index (Phi) is 5.41. The molecule has 0 heterocycles. The predicted molar refractivity (Wildman–Crippen MR) is 67.0 cm³/mol. The normalized spacial score (nSPS) is 12.7. The molecule has 84 valence electrons. The molecule has 1 aromatic carbocycles. The van der Waals surface area contributed by atoms with Crippen LogP contribution < -0.4 is 5.32 Å². The summed E-state index contributed by atoms with van der Waals surface area (Å²) in [6.07, 6.45) is 2.61. The molecule has 15 heavy (non-hydrogen) atoms. The third kappa shape index (κ3) is 4.48. The lowest BCUT2D eigenvalue weighted by Crippen LogP contribution is -2.21. The highest BCUT2D eigenvalue weighted by molar-refractivity contribution is 5.25. The Morgan fingerprint density at radius 2 is 2.00 bits per heavy atom. The van der Waals surface area contributed by atoms with Crippen LogP contribution in [0.5, 0.6) is 0 Å². The van der Waals surface area contributed by atoms with Gasteiger partial charge in [-0.2, -0.15) is 0 Å². The van der Waals surface area contributed by atoms with Gasteiger partial charge >= 0.3 is 0 Å². The highest BCUT2D eigenvalue weighted by Crippen LogP contribution is 2.07. The molecule has 1 heteroatoms. The van der Waals surface area contributed by atoms with Gasteiger partial charge in [0.2, 0.25) is 0 Å². The second kappa shape index (κ2) is 6.62. The maximum Gasteiger partial charge on any atom is 0.0208 e. The third-order valence-corrected chi connectivity index (χ3v) is 2.85. The highest BCUT2D eigenvalue weighted by atomic mass is 14.9. The topological polar surface area (TPSA) is 12.0 Å². The van der Waals surface area contributed by atoms with E-state index in [0.29, 0.717) is 0 Å². The smallest absolute Gasteiger partial charge is 0.0208 e. The number of aryl methyl sites for hydroxylation is 1. The van der Waals surface area contributed by atoms with Crippen molar-refractivity contribution in [3.8, 4) is 0 Å². The molecule has 0 amide bonds. The molecule has 0 spiro atoms. The van der Waals surface area contributed by atoms with E-state index >= 15 is 0 Å². The van der Waals surface area contributed by atoms with Crippen molar-refractivity contribution >= 4 is 0 Å². The zero-order chi connectivity index (χ0) is 11.1. The zero-order valence-corrected chi connectivity index (χ0v) is 10.2. The standard InChI is InChI=1S/C14H23N/c1-4-7-12(2)10-15-11-14-9-6-5-8-13(14)3/h5-6,8-9,12,15H,4,7,10-11H2,1-3H3/t12-/m1/s1. The quantitative estimate of drug-likeness (QED) is 0.749. The van der Waals surface area contributed by atoms with Crippen molar-refractivity contribution in [2.45, 2.75) is 40.2 Å². The van der Waals surface area contributed by atoms with Crippen molar-refractivity contribution in [1.82, 2.24) is 5.32 Å². The Balaban J connectivity index is 2.29. The van der Waals surface area contributed by atoms with Crippen LogP contribution in [0.3, 0.4) is 0 Å². The van der Waals surface area contributed by atoms with Gasteiger partial charge in [0, 0.05) is 6.54 Å². The summed E-state index contributed by atoms with van der Waals surface area (Å²) in [7, 11) is 0. The van der Waals surface area contributed by atoms with Gasteiger partial charge < -0.3 is 5.32 Å². The summed E-state index contributed by atoms with van der Waals surface area (Å²) in [6, 6.07) is 8.58. The van der Waals surface area contributed by atoms with Crippen molar-refractivity contribution in [1.29, 1.82) is 0 Å². The molecule has 0 radical (unpaired) electrons. The molecular weight excluding hydrogens is 182 g/mol. The van der Waals surface area contributed by atoms with Crippen LogP contribution in [0.4, 0.5) is 0 Å². The van der Waals surface area contributed by atoms with Gasteiger partial charge in [-0.15, -0.1) is 0 Å². The minimum atomic E-state index is 0.791. The van der Waals surface area contributed by atoms with Crippen molar-refractivity contribution in [2.75, 3.05) is 6.54 Å². The Labute approximate surface area is 93.9 Å². The first-order chi connectivity index (χ1) is 7.24. The van der Waals surface area contributed by atoms with Gasteiger partial charge in [0.05, 0.1) is 0 Å². The molecule has 0 saturated heterocycles. The number of nitrogens with one attached hydrogen (secondary N) is 1. The van der Waals surface area contributed by atoms with Gasteiger partial charge in [-0.05, 0) is 36.9 Å². The monoisotopic (exact) mass is 205 g/mol. The van der Waals surface area contributed by atoms with E-state index in [1.54, 1.807) is 0 Å². The minimum absolute atomic E-state index is 0.791. The van der Waals surface area contributed by atoms with Crippen LogP contribution in [0.2, 0.25) is 0 Å². The van der Waals surface area contributed by atoms with Crippen molar-refractivity contribution in [2.24, 2.45) is 5.92 Å². The fourth-order valence-corrected chi connectivity index (χ4v) is 1.86. The molecule has 1 aromatic rings. The van der Waals surface area contributed by atoms with E-state index in [-0.39, 0.29) is 0 Å². The SMILES string of the molecule is CCC[C@@H](C)CNCc1ccccc1C. The van der Waals surface area contributed by atoms with Crippen LogP contribution >= 0.6 is 0 Å². The molecule has 1 atom stereocenters. The molecule has 0 unspecified atom stereocenters. The largest absolute Gasteiger partial charge is 0.312 e. The molecule has 0 bridgehead atoms. The predicted octanol–water partition coefficient (Wildman–Crippen LogP) is 3.52. The van der Waals surface area contributed by atoms with Gasteiger partial charge in [-0.1, -0.05) is 44.5 Å². The fourth-order valence-electron chi connectivity index (χ4n) is 1.86. The van der Waals surface area contributed by atoms with Crippen molar-refractivity contribution < 1.29 is 0 Å². The van der Waals surface area contributed by atoms with E-state index in [1.165, 1.54) is 24.0 Å². The second-order valence-corrected chi connectivity index (χ2v) is 4.45. The summed E-state index contributed by atoms with van der Waals surface area (Å²) >= 11 is 0. The van der Waals surface area contributed by atoms with Crippen LogP contribution in [0.15, 0.2) is 24.3 Å². The summed E-state index contributed by atoms with van der Waals surface area (Å²) in [5.41, 5.74) is 2.80. The molecule has 0 aliphatic carbocycles. The molecule has 0 aliphatic rings. The lowest BCUT2D eigenvalue weighted by molar-refractivity contribution is 0.475. The van der Waals surface area contributed by atoms with E-state index in [1.807, 2.05) is 0 Å². The second-order valence-electron chi connectivity index (χ2n) is 4.45.